The van der Waals surface area contributed by atoms with Gasteiger partial charge in [-0.2, -0.15) is 5.26 Å². The van der Waals surface area contributed by atoms with E-state index < -0.39 is 35.1 Å². The van der Waals surface area contributed by atoms with Gasteiger partial charge in [-0.05, 0) is 48.7 Å². The Morgan fingerprint density at radius 2 is 1.78 bits per heavy atom. The first-order valence-corrected chi connectivity index (χ1v) is 11.4. The number of amides is 1. The Bertz CT molecular complexity index is 1100. The second-order valence-corrected chi connectivity index (χ2v) is 8.69. The second-order valence-electron chi connectivity index (χ2n) is 7.04. The van der Waals surface area contributed by atoms with Crippen LogP contribution in [0.4, 0.5) is 5.69 Å². The fourth-order valence-corrected chi connectivity index (χ4v) is 3.63. The smallest absolute Gasteiger partial charge is 0.321 e. The fourth-order valence-electron chi connectivity index (χ4n) is 2.88. The standard InChI is InChI=1S/C23H25N3O5S/c1-18-13-19(2)15-21(14-18)26(11-6-10-24)22(27)17-31-23(28)16-25-32(29,30)12-9-20-7-4-3-5-8-20/h3-5,7-9,12-15,25H,6,11,16-17H2,1-2H3/b12-9+. The molecule has 0 bridgehead atoms. The number of sulfonamides is 1. The molecule has 0 atom stereocenters. The van der Waals surface area contributed by atoms with Gasteiger partial charge in [0, 0.05) is 17.6 Å². The number of ether oxygens (including phenoxy) is 1. The summed E-state index contributed by atoms with van der Waals surface area (Å²) in [4.78, 5) is 26.0. The molecule has 0 aliphatic carbocycles. The summed E-state index contributed by atoms with van der Waals surface area (Å²) in [6.45, 7) is 2.74. The van der Waals surface area contributed by atoms with Crippen LogP contribution in [0.25, 0.3) is 6.08 Å². The van der Waals surface area contributed by atoms with Crippen molar-refractivity contribution in [1.29, 1.82) is 5.26 Å². The number of hydrogen-bond donors (Lipinski definition) is 1. The highest BCUT2D eigenvalue weighted by Crippen LogP contribution is 2.19. The molecule has 0 radical (unpaired) electrons. The fraction of sp³-hybridized carbons (Fsp3) is 0.261. The van der Waals surface area contributed by atoms with Crippen molar-refractivity contribution in [3.63, 3.8) is 0 Å². The molecule has 0 saturated heterocycles. The van der Waals surface area contributed by atoms with Crippen molar-refractivity contribution in [2.75, 3.05) is 24.6 Å². The van der Waals surface area contributed by atoms with Crippen molar-refractivity contribution in [2.45, 2.75) is 20.3 Å². The zero-order valence-corrected chi connectivity index (χ0v) is 18.8. The van der Waals surface area contributed by atoms with Crippen molar-refractivity contribution in [3.8, 4) is 6.07 Å². The maximum absolute atomic E-state index is 12.6. The maximum atomic E-state index is 12.6. The molecule has 0 aliphatic heterocycles. The monoisotopic (exact) mass is 455 g/mol. The summed E-state index contributed by atoms with van der Waals surface area (Å²) in [5.41, 5.74) is 3.19. The number of rotatable bonds is 10. The van der Waals surface area contributed by atoms with E-state index in [0.717, 1.165) is 16.5 Å². The van der Waals surface area contributed by atoms with Crippen molar-refractivity contribution >= 4 is 33.7 Å². The van der Waals surface area contributed by atoms with Gasteiger partial charge in [-0.3, -0.25) is 9.59 Å². The quantitative estimate of drug-likeness (QED) is 0.551. The number of aryl methyl sites for hydroxylation is 2. The number of carbonyl (C=O) groups is 2. The van der Waals surface area contributed by atoms with Crippen LogP contribution >= 0.6 is 0 Å². The van der Waals surface area contributed by atoms with E-state index in [1.165, 1.54) is 11.0 Å². The molecule has 0 heterocycles. The minimum Gasteiger partial charge on any atom is -0.455 e. The zero-order chi connectivity index (χ0) is 23.6. The van der Waals surface area contributed by atoms with Crippen molar-refractivity contribution in [1.82, 2.24) is 4.72 Å². The molecule has 1 amide bonds. The third kappa shape index (κ3) is 8.34. The number of esters is 1. The molecule has 0 spiro atoms. The summed E-state index contributed by atoms with van der Waals surface area (Å²) in [6, 6.07) is 16.4. The number of hydrogen-bond acceptors (Lipinski definition) is 6. The largest absolute Gasteiger partial charge is 0.455 e. The highest BCUT2D eigenvalue weighted by Gasteiger charge is 2.19. The van der Waals surface area contributed by atoms with Crippen LogP contribution in [-0.2, 0) is 24.3 Å². The first kappa shape index (κ1) is 24.8. The van der Waals surface area contributed by atoms with E-state index >= 15 is 0 Å². The van der Waals surface area contributed by atoms with Crippen LogP contribution in [-0.4, -0.2) is 40.0 Å². The Kier molecular flexibility index (Phi) is 9.13. The van der Waals surface area contributed by atoms with Gasteiger partial charge < -0.3 is 9.64 Å². The Labute approximate surface area is 188 Å². The van der Waals surface area contributed by atoms with Gasteiger partial charge in [0.1, 0.15) is 6.54 Å². The molecule has 168 valence electrons. The lowest BCUT2D eigenvalue weighted by Gasteiger charge is -2.22. The van der Waals surface area contributed by atoms with Crippen molar-refractivity contribution < 1.29 is 22.7 Å². The minimum atomic E-state index is -3.86. The molecule has 2 aromatic rings. The van der Waals surface area contributed by atoms with E-state index in [2.05, 4.69) is 4.72 Å². The number of carbonyl (C=O) groups excluding carboxylic acids is 2. The van der Waals surface area contributed by atoms with Gasteiger partial charge in [-0.25, -0.2) is 13.1 Å². The van der Waals surface area contributed by atoms with Crippen LogP contribution in [0.5, 0.6) is 0 Å². The Balaban J connectivity index is 1.92. The highest BCUT2D eigenvalue weighted by molar-refractivity contribution is 7.92. The molecule has 0 aliphatic rings. The second kappa shape index (κ2) is 11.8. The topological polar surface area (TPSA) is 117 Å². The zero-order valence-electron chi connectivity index (χ0n) is 17.9. The summed E-state index contributed by atoms with van der Waals surface area (Å²) in [6.07, 6.45) is 1.51. The summed E-state index contributed by atoms with van der Waals surface area (Å²) in [7, 11) is -3.86. The van der Waals surface area contributed by atoms with Crippen LogP contribution in [0.2, 0.25) is 0 Å². The SMILES string of the molecule is Cc1cc(C)cc(N(CCC#N)C(=O)COC(=O)CNS(=O)(=O)/C=C/c2ccccc2)c1. The number of benzene rings is 2. The molecule has 2 rings (SSSR count). The molecule has 1 N–H and O–H groups in total. The number of nitriles is 1. The van der Waals surface area contributed by atoms with Crippen molar-refractivity contribution in [3.05, 3.63) is 70.6 Å². The molecule has 8 nitrogen and oxygen atoms in total. The van der Waals surface area contributed by atoms with Gasteiger partial charge in [0.05, 0.1) is 12.5 Å². The maximum Gasteiger partial charge on any atom is 0.321 e. The predicted octanol–water partition coefficient (Wildman–Crippen LogP) is 2.68. The molecule has 0 unspecified atom stereocenters. The first-order valence-electron chi connectivity index (χ1n) is 9.84. The summed E-state index contributed by atoms with van der Waals surface area (Å²) in [5, 5.41) is 9.84. The summed E-state index contributed by atoms with van der Waals surface area (Å²) < 4.78 is 31.1. The molecule has 32 heavy (non-hydrogen) atoms. The Hall–Kier alpha value is -3.48. The minimum absolute atomic E-state index is 0.111. The molecule has 2 aromatic carbocycles. The first-order chi connectivity index (χ1) is 15.2. The lowest BCUT2D eigenvalue weighted by atomic mass is 10.1. The van der Waals surface area contributed by atoms with Crippen LogP contribution < -0.4 is 9.62 Å². The third-order valence-electron chi connectivity index (χ3n) is 4.28. The normalized spacial score (nSPS) is 11.2. The lowest BCUT2D eigenvalue weighted by Crippen LogP contribution is -2.37. The van der Waals surface area contributed by atoms with Gasteiger partial charge in [0.2, 0.25) is 10.0 Å². The predicted molar refractivity (Wildman–Crippen MR) is 122 cm³/mol. The van der Waals surface area contributed by atoms with E-state index in [1.807, 2.05) is 32.0 Å². The van der Waals surface area contributed by atoms with Crippen LogP contribution in [0, 0.1) is 25.2 Å². The number of nitrogens with one attached hydrogen (secondary N) is 1. The van der Waals surface area contributed by atoms with Crippen LogP contribution in [0.15, 0.2) is 53.9 Å². The highest BCUT2D eigenvalue weighted by atomic mass is 32.2. The van der Waals surface area contributed by atoms with Crippen LogP contribution in [0.1, 0.15) is 23.1 Å². The average molecular weight is 456 g/mol. The molecule has 9 heteroatoms. The number of anilines is 1. The number of nitrogens with zero attached hydrogens (tertiary/aromatic N) is 2. The third-order valence-corrected chi connectivity index (χ3v) is 5.32. The van der Waals surface area contributed by atoms with Crippen LogP contribution in [0.3, 0.4) is 0 Å². The van der Waals surface area contributed by atoms with Gasteiger partial charge in [-0.15, -0.1) is 0 Å². The average Bonchev–Trinajstić information content (AvgIpc) is 2.75. The van der Waals surface area contributed by atoms with E-state index in [0.29, 0.717) is 11.3 Å². The lowest BCUT2D eigenvalue weighted by molar-refractivity contribution is -0.146. The molecule has 0 saturated carbocycles. The molecular weight excluding hydrogens is 430 g/mol. The van der Waals surface area contributed by atoms with Gasteiger partial charge in [0.25, 0.3) is 5.91 Å². The van der Waals surface area contributed by atoms with Gasteiger partial charge in [0.15, 0.2) is 6.61 Å². The van der Waals surface area contributed by atoms with Gasteiger partial charge >= 0.3 is 5.97 Å². The summed E-state index contributed by atoms with van der Waals surface area (Å²) in [5.74, 6) is -1.40. The molecular formula is C23H25N3O5S. The van der Waals surface area contributed by atoms with E-state index in [1.54, 1.807) is 36.4 Å². The van der Waals surface area contributed by atoms with Crippen molar-refractivity contribution in [2.24, 2.45) is 0 Å². The molecule has 0 aromatic heterocycles. The Morgan fingerprint density at radius 3 is 2.41 bits per heavy atom. The van der Waals surface area contributed by atoms with E-state index in [4.69, 9.17) is 10.00 Å². The van der Waals surface area contributed by atoms with E-state index in [-0.39, 0.29) is 13.0 Å². The van der Waals surface area contributed by atoms with Gasteiger partial charge in [-0.1, -0.05) is 36.4 Å². The summed E-state index contributed by atoms with van der Waals surface area (Å²) >= 11 is 0. The Morgan fingerprint density at radius 1 is 1.12 bits per heavy atom. The molecule has 0 fully saturated rings. The van der Waals surface area contributed by atoms with E-state index in [9.17, 15) is 18.0 Å².